The predicted molar refractivity (Wildman–Crippen MR) is 67.7 cm³/mol. The van der Waals surface area contributed by atoms with Crippen molar-refractivity contribution >= 4 is 15.9 Å². The highest BCUT2D eigenvalue weighted by atomic mass is 79.9. The van der Waals surface area contributed by atoms with E-state index in [2.05, 4.69) is 15.9 Å². The second-order valence-corrected chi connectivity index (χ2v) is 5.29. The van der Waals surface area contributed by atoms with Crippen molar-refractivity contribution in [1.29, 1.82) is 0 Å². The first-order chi connectivity index (χ1) is 7.65. The quantitative estimate of drug-likeness (QED) is 0.899. The molecule has 0 atom stereocenters. The van der Waals surface area contributed by atoms with Gasteiger partial charge < -0.3 is 9.84 Å². The fourth-order valence-electron chi connectivity index (χ4n) is 2.39. The van der Waals surface area contributed by atoms with Crippen molar-refractivity contribution in [2.24, 2.45) is 0 Å². The third-order valence-corrected chi connectivity index (χ3v) is 4.05. The summed E-state index contributed by atoms with van der Waals surface area (Å²) in [5.74, 6) is 0.803. The van der Waals surface area contributed by atoms with E-state index >= 15 is 0 Å². The molecule has 0 spiro atoms. The summed E-state index contributed by atoms with van der Waals surface area (Å²) >= 11 is 3.51. The zero-order chi connectivity index (χ0) is 11.6. The molecule has 16 heavy (non-hydrogen) atoms. The lowest BCUT2D eigenvalue weighted by molar-refractivity contribution is -0.00145. The summed E-state index contributed by atoms with van der Waals surface area (Å²) in [4.78, 5) is 0. The van der Waals surface area contributed by atoms with Crippen LogP contribution in [0.15, 0.2) is 22.7 Å². The van der Waals surface area contributed by atoms with Gasteiger partial charge in [0.2, 0.25) is 0 Å². The van der Waals surface area contributed by atoms with Crippen LogP contribution in [0.3, 0.4) is 0 Å². The molecule has 88 valence electrons. The van der Waals surface area contributed by atoms with E-state index in [-0.39, 0.29) is 0 Å². The number of ether oxygens (including phenoxy) is 1. The zero-order valence-electron chi connectivity index (χ0n) is 9.50. The lowest BCUT2D eigenvalue weighted by atomic mass is 9.80. The number of halogens is 1. The Morgan fingerprint density at radius 3 is 2.56 bits per heavy atom. The minimum Gasteiger partial charge on any atom is -0.497 e. The fraction of sp³-hybridized carbons (Fsp3) is 0.538. The summed E-state index contributed by atoms with van der Waals surface area (Å²) < 4.78 is 6.18. The molecule has 1 aliphatic carbocycles. The van der Waals surface area contributed by atoms with E-state index in [4.69, 9.17) is 4.74 Å². The molecule has 0 radical (unpaired) electrons. The number of aliphatic hydroxyl groups is 1. The van der Waals surface area contributed by atoms with Crippen molar-refractivity contribution in [2.45, 2.75) is 37.7 Å². The van der Waals surface area contributed by atoms with Crippen LogP contribution in [0.2, 0.25) is 0 Å². The van der Waals surface area contributed by atoms with Gasteiger partial charge in [0.1, 0.15) is 5.75 Å². The molecule has 0 aromatic heterocycles. The first-order valence-electron chi connectivity index (χ1n) is 5.72. The maximum Gasteiger partial charge on any atom is 0.119 e. The predicted octanol–water partition coefficient (Wildman–Crippen LogP) is 3.61. The van der Waals surface area contributed by atoms with E-state index in [1.165, 1.54) is 6.42 Å². The average molecular weight is 285 g/mol. The molecule has 3 heteroatoms. The van der Waals surface area contributed by atoms with Crippen molar-refractivity contribution < 1.29 is 9.84 Å². The molecule has 1 saturated carbocycles. The topological polar surface area (TPSA) is 29.5 Å². The zero-order valence-corrected chi connectivity index (χ0v) is 11.1. The number of methoxy groups -OCH3 is 1. The Balaban J connectivity index is 2.37. The Hall–Kier alpha value is -0.540. The lowest BCUT2D eigenvalue weighted by Crippen LogP contribution is -2.28. The minimum atomic E-state index is -0.675. The normalized spacial score (nSPS) is 19.4. The molecule has 1 aromatic carbocycles. The molecule has 0 aliphatic heterocycles. The third kappa shape index (κ3) is 2.25. The van der Waals surface area contributed by atoms with Crippen LogP contribution in [0, 0.1) is 0 Å². The summed E-state index contributed by atoms with van der Waals surface area (Å²) in [7, 11) is 1.65. The molecule has 2 rings (SSSR count). The van der Waals surface area contributed by atoms with Crippen LogP contribution >= 0.6 is 15.9 Å². The van der Waals surface area contributed by atoms with Gasteiger partial charge >= 0.3 is 0 Å². The monoisotopic (exact) mass is 284 g/mol. The van der Waals surface area contributed by atoms with Crippen LogP contribution in [0.4, 0.5) is 0 Å². The van der Waals surface area contributed by atoms with E-state index in [9.17, 15) is 5.11 Å². The Bertz CT molecular complexity index is 370. The van der Waals surface area contributed by atoms with Crippen molar-refractivity contribution in [1.82, 2.24) is 0 Å². The second-order valence-electron chi connectivity index (χ2n) is 4.44. The molecule has 1 aliphatic rings. The van der Waals surface area contributed by atoms with E-state index in [1.807, 2.05) is 18.2 Å². The van der Waals surface area contributed by atoms with Gasteiger partial charge in [-0.05, 0) is 31.0 Å². The number of hydrogen-bond donors (Lipinski definition) is 1. The highest BCUT2D eigenvalue weighted by molar-refractivity contribution is 9.10. The molecule has 0 heterocycles. The third-order valence-electron chi connectivity index (χ3n) is 3.36. The van der Waals surface area contributed by atoms with Gasteiger partial charge in [0.25, 0.3) is 0 Å². The SMILES string of the molecule is COc1ccc(Br)c(C2(O)CCCCC2)c1. The van der Waals surface area contributed by atoms with Gasteiger partial charge in [-0.2, -0.15) is 0 Å². The fourth-order valence-corrected chi connectivity index (χ4v) is 3.01. The average Bonchev–Trinajstić information content (AvgIpc) is 2.30. The van der Waals surface area contributed by atoms with Crippen molar-refractivity contribution in [3.8, 4) is 5.75 Å². The van der Waals surface area contributed by atoms with Gasteiger partial charge in [-0.3, -0.25) is 0 Å². The Labute approximate surface area is 105 Å². The van der Waals surface area contributed by atoms with Crippen LogP contribution < -0.4 is 4.74 Å². The van der Waals surface area contributed by atoms with Crippen molar-refractivity contribution in [3.63, 3.8) is 0 Å². The van der Waals surface area contributed by atoms with Gasteiger partial charge in [0.05, 0.1) is 12.7 Å². The maximum atomic E-state index is 10.7. The summed E-state index contributed by atoms with van der Waals surface area (Å²) in [6.07, 6.45) is 5.11. The van der Waals surface area contributed by atoms with Crippen LogP contribution in [-0.4, -0.2) is 12.2 Å². The highest BCUT2D eigenvalue weighted by Gasteiger charge is 2.33. The van der Waals surface area contributed by atoms with Crippen LogP contribution in [0.1, 0.15) is 37.7 Å². The molecule has 1 fully saturated rings. The molecule has 2 nitrogen and oxygen atoms in total. The van der Waals surface area contributed by atoms with Crippen LogP contribution in [-0.2, 0) is 5.60 Å². The Morgan fingerprint density at radius 1 is 1.25 bits per heavy atom. The Kier molecular flexibility index (Phi) is 3.55. The molecule has 1 aromatic rings. The van der Waals surface area contributed by atoms with Gasteiger partial charge in [-0.25, -0.2) is 0 Å². The van der Waals surface area contributed by atoms with E-state index < -0.39 is 5.60 Å². The summed E-state index contributed by atoms with van der Waals surface area (Å²) in [6, 6.07) is 5.79. The molecule has 1 N–H and O–H groups in total. The molecular formula is C13H17BrO2. The summed E-state index contributed by atoms with van der Waals surface area (Å²) in [5.41, 5.74) is 0.289. The number of benzene rings is 1. The van der Waals surface area contributed by atoms with Crippen molar-refractivity contribution in [3.05, 3.63) is 28.2 Å². The van der Waals surface area contributed by atoms with Gasteiger partial charge in [0.15, 0.2) is 0 Å². The molecule has 0 unspecified atom stereocenters. The van der Waals surface area contributed by atoms with E-state index in [0.717, 1.165) is 41.5 Å². The molecule has 0 saturated heterocycles. The minimum absolute atomic E-state index is 0.675. The summed E-state index contributed by atoms with van der Waals surface area (Å²) in [5, 5.41) is 10.7. The smallest absolute Gasteiger partial charge is 0.119 e. The Morgan fingerprint density at radius 2 is 1.94 bits per heavy atom. The van der Waals surface area contributed by atoms with Crippen LogP contribution in [0.5, 0.6) is 5.75 Å². The number of rotatable bonds is 2. The molecule has 0 bridgehead atoms. The van der Waals surface area contributed by atoms with E-state index in [0.29, 0.717) is 0 Å². The highest BCUT2D eigenvalue weighted by Crippen LogP contribution is 2.41. The summed E-state index contributed by atoms with van der Waals surface area (Å²) in [6.45, 7) is 0. The van der Waals surface area contributed by atoms with Gasteiger partial charge in [0, 0.05) is 10.0 Å². The molecular weight excluding hydrogens is 268 g/mol. The number of hydrogen-bond acceptors (Lipinski definition) is 2. The standard InChI is InChI=1S/C13H17BrO2/c1-16-10-5-6-12(14)11(9-10)13(15)7-3-2-4-8-13/h5-6,9,15H,2-4,7-8H2,1H3. The first-order valence-corrected chi connectivity index (χ1v) is 6.51. The second kappa shape index (κ2) is 4.76. The molecule has 0 amide bonds. The van der Waals surface area contributed by atoms with Crippen molar-refractivity contribution in [2.75, 3.05) is 7.11 Å². The van der Waals surface area contributed by atoms with E-state index in [1.54, 1.807) is 7.11 Å². The van der Waals surface area contributed by atoms with Gasteiger partial charge in [-0.1, -0.05) is 35.2 Å². The lowest BCUT2D eigenvalue weighted by Gasteiger charge is -2.33. The van der Waals surface area contributed by atoms with Crippen LogP contribution in [0.25, 0.3) is 0 Å². The largest absolute Gasteiger partial charge is 0.497 e. The maximum absolute atomic E-state index is 10.7. The first kappa shape index (κ1) is 11.9. The van der Waals surface area contributed by atoms with Gasteiger partial charge in [-0.15, -0.1) is 0 Å².